The molecule has 1 heteroatoms. The minimum Gasteiger partial charge on any atom is -0.118 e. The molecule has 0 N–H and O–H groups in total. The quantitative estimate of drug-likeness (QED) is 0.644. The second-order valence-corrected chi connectivity index (χ2v) is 7.26. The highest BCUT2D eigenvalue weighted by Crippen LogP contribution is 2.58. The van der Waals surface area contributed by atoms with Crippen LogP contribution in [0.25, 0.3) is 0 Å². The molecule has 2 aliphatic carbocycles. The van der Waals surface area contributed by atoms with Gasteiger partial charge in [-0.1, -0.05) is 54.6 Å². The Kier molecular flexibility index (Phi) is 3.51. The first-order chi connectivity index (χ1) is 10.3. The molecule has 3 atom stereocenters. The number of hydrogen-bond donors (Lipinski definition) is 0. The molecule has 0 radical (unpaired) electrons. The molecule has 0 bridgehead atoms. The van der Waals surface area contributed by atoms with Gasteiger partial charge in [0.15, 0.2) is 0 Å². The fourth-order valence-electron chi connectivity index (χ4n) is 3.92. The van der Waals surface area contributed by atoms with E-state index in [2.05, 4.69) is 54.6 Å². The average Bonchev–Trinajstić information content (AvgIpc) is 3.14. The van der Waals surface area contributed by atoms with Crippen LogP contribution in [0.15, 0.2) is 54.6 Å². The number of fused-ring (bicyclic) bond motifs is 1. The van der Waals surface area contributed by atoms with E-state index in [1.165, 1.54) is 36.0 Å². The van der Waals surface area contributed by atoms with Gasteiger partial charge in [0.2, 0.25) is 0 Å². The third-order valence-electron chi connectivity index (χ3n) is 5.24. The molecule has 0 nitrogen and oxygen atoms in total. The Labute approximate surface area is 132 Å². The van der Waals surface area contributed by atoms with Crippen LogP contribution in [0.5, 0.6) is 0 Å². The molecule has 0 aliphatic heterocycles. The number of rotatable bonds is 4. The standard InChI is InChI=1S/C20H21Cl/c21-20(19-12-17-11-18(17)13-19)16-8-6-15(7-9-16)10-14-4-2-1-3-5-14/h1-9,17-20H,10-13H2. The molecule has 0 amide bonds. The lowest BCUT2D eigenvalue weighted by molar-refractivity contribution is 0.471. The normalized spacial score (nSPS) is 28.1. The van der Waals surface area contributed by atoms with E-state index >= 15 is 0 Å². The number of alkyl halides is 1. The van der Waals surface area contributed by atoms with Gasteiger partial charge >= 0.3 is 0 Å². The fourth-order valence-corrected chi connectivity index (χ4v) is 4.27. The Bertz CT molecular complexity index is 591. The largest absolute Gasteiger partial charge is 0.118 e. The summed E-state index contributed by atoms with van der Waals surface area (Å²) in [5.74, 6) is 2.72. The van der Waals surface area contributed by atoms with Crippen molar-refractivity contribution in [1.82, 2.24) is 0 Å². The molecule has 2 saturated carbocycles. The summed E-state index contributed by atoms with van der Waals surface area (Å²) in [4.78, 5) is 0. The summed E-state index contributed by atoms with van der Waals surface area (Å²) in [6, 6.07) is 19.6. The summed E-state index contributed by atoms with van der Waals surface area (Å²) in [5.41, 5.74) is 4.03. The Morgan fingerprint density at radius 3 is 2.10 bits per heavy atom. The first-order valence-corrected chi connectivity index (χ1v) is 8.50. The topological polar surface area (TPSA) is 0 Å². The highest BCUT2D eigenvalue weighted by molar-refractivity contribution is 6.21. The maximum atomic E-state index is 6.71. The van der Waals surface area contributed by atoms with Gasteiger partial charge in [0.05, 0.1) is 5.38 Å². The maximum Gasteiger partial charge on any atom is 0.0613 e. The van der Waals surface area contributed by atoms with Gasteiger partial charge in [0.1, 0.15) is 0 Å². The molecule has 4 rings (SSSR count). The van der Waals surface area contributed by atoms with Crippen LogP contribution in [0.3, 0.4) is 0 Å². The van der Waals surface area contributed by atoms with E-state index in [1.54, 1.807) is 0 Å². The van der Waals surface area contributed by atoms with Gasteiger partial charge in [-0.05, 0) is 60.1 Å². The van der Waals surface area contributed by atoms with Gasteiger partial charge in [-0.2, -0.15) is 0 Å². The average molecular weight is 297 g/mol. The zero-order valence-corrected chi connectivity index (χ0v) is 13.0. The van der Waals surface area contributed by atoms with Crippen molar-refractivity contribution in [3.63, 3.8) is 0 Å². The molecule has 21 heavy (non-hydrogen) atoms. The molecular weight excluding hydrogens is 276 g/mol. The van der Waals surface area contributed by atoms with Crippen LogP contribution >= 0.6 is 11.6 Å². The van der Waals surface area contributed by atoms with Crippen molar-refractivity contribution in [1.29, 1.82) is 0 Å². The zero-order chi connectivity index (χ0) is 14.2. The third kappa shape index (κ3) is 2.87. The summed E-state index contributed by atoms with van der Waals surface area (Å²) in [6.07, 6.45) is 5.17. The lowest BCUT2D eigenvalue weighted by Gasteiger charge is -2.19. The molecule has 2 aromatic carbocycles. The van der Waals surface area contributed by atoms with Crippen molar-refractivity contribution < 1.29 is 0 Å². The molecule has 0 saturated heterocycles. The number of halogens is 1. The van der Waals surface area contributed by atoms with E-state index in [4.69, 9.17) is 11.6 Å². The number of benzene rings is 2. The van der Waals surface area contributed by atoms with Crippen molar-refractivity contribution >= 4 is 11.6 Å². The van der Waals surface area contributed by atoms with Crippen molar-refractivity contribution in [3.05, 3.63) is 71.3 Å². The lowest BCUT2D eigenvalue weighted by atomic mass is 9.93. The van der Waals surface area contributed by atoms with Crippen LogP contribution in [0.4, 0.5) is 0 Å². The fraction of sp³-hybridized carbons (Fsp3) is 0.400. The summed E-state index contributed by atoms with van der Waals surface area (Å²) in [7, 11) is 0. The third-order valence-corrected chi connectivity index (χ3v) is 5.85. The van der Waals surface area contributed by atoms with E-state index in [0.717, 1.165) is 18.3 Å². The SMILES string of the molecule is ClC(c1ccc(Cc2ccccc2)cc1)C1CC2CC2C1. The molecule has 2 aromatic rings. The van der Waals surface area contributed by atoms with Crippen LogP contribution < -0.4 is 0 Å². The van der Waals surface area contributed by atoms with Crippen LogP contribution in [-0.2, 0) is 6.42 Å². The van der Waals surface area contributed by atoms with Crippen LogP contribution in [0.2, 0.25) is 0 Å². The second kappa shape index (κ2) is 5.50. The van der Waals surface area contributed by atoms with Gasteiger partial charge in [0, 0.05) is 0 Å². The second-order valence-electron chi connectivity index (χ2n) is 6.79. The van der Waals surface area contributed by atoms with Gasteiger partial charge in [0.25, 0.3) is 0 Å². The van der Waals surface area contributed by atoms with E-state index in [0.29, 0.717) is 5.92 Å². The summed E-state index contributed by atoms with van der Waals surface area (Å²) >= 11 is 6.71. The Hall–Kier alpha value is -1.27. The highest BCUT2D eigenvalue weighted by Gasteiger charge is 2.47. The Balaban J connectivity index is 1.43. The Morgan fingerprint density at radius 2 is 1.43 bits per heavy atom. The van der Waals surface area contributed by atoms with Crippen molar-refractivity contribution in [2.24, 2.45) is 17.8 Å². The van der Waals surface area contributed by atoms with Crippen molar-refractivity contribution in [2.75, 3.05) is 0 Å². The van der Waals surface area contributed by atoms with Gasteiger partial charge in [-0.15, -0.1) is 11.6 Å². The highest BCUT2D eigenvalue weighted by atomic mass is 35.5. The van der Waals surface area contributed by atoms with Crippen LogP contribution in [-0.4, -0.2) is 0 Å². The first kappa shape index (κ1) is 13.4. The monoisotopic (exact) mass is 296 g/mol. The zero-order valence-electron chi connectivity index (χ0n) is 12.2. The predicted molar refractivity (Wildman–Crippen MR) is 88.6 cm³/mol. The predicted octanol–water partition coefficient (Wildman–Crippen LogP) is 5.60. The van der Waals surface area contributed by atoms with E-state index in [1.807, 2.05) is 0 Å². The molecular formula is C20H21Cl. The van der Waals surface area contributed by atoms with Gasteiger partial charge < -0.3 is 0 Å². The molecule has 0 spiro atoms. The lowest BCUT2D eigenvalue weighted by Crippen LogP contribution is -2.06. The van der Waals surface area contributed by atoms with Crippen molar-refractivity contribution in [3.8, 4) is 0 Å². The van der Waals surface area contributed by atoms with Crippen LogP contribution in [0.1, 0.15) is 41.3 Å². The van der Waals surface area contributed by atoms with Crippen LogP contribution in [0, 0.1) is 17.8 Å². The maximum absolute atomic E-state index is 6.71. The molecule has 0 aromatic heterocycles. The van der Waals surface area contributed by atoms with Crippen molar-refractivity contribution in [2.45, 2.75) is 31.1 Å². The molecule has 2 fully saturated rings. The van der Waals surface area contributed by atoms with E-state index < -0.39 is 0 Å². The summed E-state index contributed by atoms with van der Waals surface area (Å²) in [6.45, 7) is 0. The summed E-state index contributed by atoms with van der Waals surface area (Å²) < 4.78 is 0. The van der Waals surface area contributed by atoms with Gasteiger partial charge in [-0.25, -0.2) is 0 Å². The molecule has 0 heterocycles. The molecule has 108 valence electrons. The van der Waals surface area contributed by atoms with Gasteiger partial charge in [-0.3, -0.25) is 0 Å². The Morgan fingerprint density at radius 1 is 0.810 bits per heavy atom. The minimum atomic E-state index is 0.212. The minimum absolute atomic E-state index is 0.212. The smallest absolute Gasteiger partial charge is 0.0613 e. The number of hydrogen-bond acceptors (Lipinski definition) is 0. The summed E-state index contributed by atoms with van der Waals surface area (Å²) in [5, 5.41) is 0.212. The molecule has 3 unspecified atom stereocenters. The van der Waals surface area contributed by atoms with E-state index in [-0.39, 0.29) is 5.38 Å². The van der Waals surface area contributed by atoms with E-state index in [9.17, 15) is 0 Å². The molecule has 2 aliphatic rings. The first-order valence-electron chi connectivity index (χ1n) is 8.06.